The van der Waals surface area contributed by atoms with Crippen molar-refractivity contribution in [3.8, 4) is 0 Å². The van der Waals surface area contributed by atoms with E-state index >= 15 is 0 Å². The van der Waals surface area contributed by atoms with Crippen molar-refractivity contribution in [2.45, 2.75) is 51.6 Å². The van der Waals surface area contributed by atoms with Gasteiger partial charge in [-0.15, -0.1) is 0 Å². The van der Waals surface area contributed by atoms with E-state index in [1.54, 1.807) is 11.9 Å². The molecule has 1 N–H and O–H groups in total. The molecule has 5 heteroatoms. The van der Waals surface area contributed by atoms with E-state index in [1.807, 2.05) is 54.6 Å². The van der Waals surface area contributed by atoms with Gasteiger partial charge < -0.3 is 10.2 Å². The van der Waals surface area contributed by atoms with Crippen molar-refractivity contribution >= 4 is 23.4 Å². The van der Waals surface area contributed by atoms with Gasteiger partial charge in [0.25, 0.3) is 0 Å². The minimum absolute atomic E-state index is 0.0719. The summed E-state index contributed by atoms with van der Waals surface area (Å²) in [6.07, 6.45) is 1.36. The Morgan fingerprint density at radius 2 is 1.53 bits per heavy atom. The third kappa shape index (κ3) is 6.94. The number of hydrogen-bond donors (Lipinski definition) is 1. The number of halogens is 1. The Morgan fingerprint density at radius 1 is 0.882 bits per heavy atom. The molecule has 2 amide bonds. The van der Waals surface area contributed by atoms with E-state index in [-0.39, 0.29) is 18.4 Å². The molecule has 0 bridgehead atoms. The number of hydrogen-bond acceptors (Lipinski definition) is 2. The number of carbonyl (C=O) groups is 2. The summed E-state index contributed by atoms with van der Waals surface area (Å²) in [6.45, 7) is 4.60. The van der Waals surface area contributed by atoms with Crippen LogP contribution in [0.1, 0.15) is 48.4 Å². The van der Waals surface area contributed by atoms with Gasteiger partial charge in [-0.3, -0.25) is 9.59 Å². The zero-order valence-corrected chi connectivity index (χ0v) is 20.9. The Hall–Kier alpha value is -3.11. The highest BCUT2D eigenvalue weighted by molar-refractivity contribution is 6.31. The van der Waals surface area contributed by atoms with Crippen LogP contribution in [0.5, 0.6) is 0 Å². The first-order chi connectivity index (χ1) is 16.4. The van der Waals surface area contributed by atoms with Crippen LogP contribution in [0.2, 0.25) is 5.02 Å². The van der Waals surface area contributed by atoms with Crippen LogP contribution in [0.4, 0.5) is 0 Å². The summed E-state index contributed by atoms with van der Waals surface area (Å²) in [4.78, 5) is 28.2. The lowest BCUT2D eigenvalue weighted by Gasteiger charge is -2.31. The maximum Gasteiger partial charge on any atom is 0.242 e. The predicted octanol–water partition coefficient (Wildman–Crippen LogP) is 5.78. The molecule has 0 aliphatic rings. The van der Waals surface area contributed by atoms with Crippen LogP contribution in [0.3, 0.4) is 0 Å². The highest BCUT2D eigenvalue weighted by atomic mass is 35.5. The Morgan fingerprint density at radius 3 is 2.15 bits per heavy atom. The summed E-state index contributed by atoms with van der Waals surface area (Å²) >= 11 is 6.43. The summed E-state index contributed by atoms with van der Waals surface area (Å²) in [5.74, 6) is 0.205. The first-order valence-corrected chi connectivity index (χ1v) is 12.1. The number of benzene rings is 3. The van der Waals surface area contributed by atoms with Crippen molar-refractivity contribution in [3.63, 3.8) is 0 Å². The Labute approximate surface area is 207 Å². The Kier molecular flexibility index (Phi) is 9.29. The van der Waals surface area contributed by atoms with Gasteiger partial charge in [-0.05, 0) is 40.7 Å². The van der Waals surface area contributed by atoms with Gasteiger partial charge in [0.1, 0.15) is 6.04 Å². The fourth-order valence-corrected chi connectivity index (χ4v) is 4.19. The van der Waals surface area contributed by atoms with Gasteiger partial charge in [0.2, 0.25) is 11.8 Å². The molecule has 178 valence electrons. The largest absolute Gasteiger partial charge is 0.357 e. The number of likely N-dealkylation sites (N-methyl/N-ethyl adjacent to an activating group) is 1. The lowest BCUT2D eigenvalue weighted by atomic mass is 9.99. The fourth-order valence-electron chi connectivity index (χ4n) is 3.99. The fraction of sp³-hybridized carbons (Fsp3) is 0.310. The Balaban J connectivity index is 1.85. The van der Waals surface area contributed by atoms with Crippen molar-refractivity contribution in [1.29, 1.82) is 0 Å². The molecule has 0 saturated carbocycles. The van der Waals surface area contributed by atoms with Crippen LogP contribution in [0.15, 0.2) is 78.9 Å². The molecule has 3 aromatic rings. The maximum atomic E-state index is 13.6. The zero-order valence-electron chi connectivity index (χ0n) is 20.1. The molecule has 0 heterocycles. The predicted molar refractivity (Wildman–Crippen MR) is 139 cm³/mol. The third-order valence-corrected chi connectivity index (χ3v) is 6.46. The van der Waals surface area contributed by atoms with E-state index in [1.165, 1.54) is 5.56 Å². The van der Waals surface area contributed by atoms with Crippen LogP contribution in [0, 0.1) is 0 Å². The second kappa shape index (κ2) is 12.4. The number of nitrogens with one attached hydrogen (secondary N) is 1. The van der Waals surface area contributed by atoms with Crippen molar-refractivity contribution < 1.29 is 9.59 Å². The molecule has 4 nitrogen and oxygen atoms in total. The van der Waals surface area contributed by atoms with E-state index in [4.69, 9.17) is 11.6 Å². The van der Waals surface area contributed by atoms with Crippen molar-refractivity contribution in [2.75, 3.05) is 7.05 Å². The van der Waals surface area contributed by atoms with Gasteiger partial charge in [-0.25, -0.2) is 0 Å². The molecule has 3 rings (SSSR count). The molecule has 3 aromatic carbocycles. The topological polar surface area (TPSA) is 49.4 Å². The van der Waals surface area contributed by atoms with Gasteiger partial charge in [-0.1, -0.05) is 98.2 Å². The monoisotopic (exact) mass is 476 g/mol. The Bertz CT molecular complexity index is 1080. The van der Waals surface area contributed by atoms with E-state index in [9.17, 15) is 9.59 Å². The van der Waals surface area contributed by atoms with Crippen LogP contribution < -0.4 is 5.32 Å². The number of amides is 2. The molecule has 0 aliphatic carbocycles. The quantitative estimate of drug-likeness (QED) is 0.403. The van der Waals surface area contributed by atoms with Gasteiger partial charge in [0.15, 0.2) is 0 Å². The van der Waals surface area contributed by atoms with Gasteiger partial charge in [0, 0.05) is 31.5 Å². The molecule has 0 saturated heterocycles. The van der Waals surface area contributed by atoms with E-state index < -0.39 is 6.04 Å². The molecular formula is C29H33ClN2O2. The lowest BCUT2D eigenvalue weighted by Crippen LogP contribution is -2.49. The molecule has 0 fully saturated rings. The highest BCUT2D eigenvalue weighted by Gasteiger charge is 2.30. The molecule has 1 unspecified atom stereocenters. The van der Waals surface area contributed by atoms with E-state index in [0.717, 1.165) is 16.7 Å². The highest BCUT2D eigenvalue weighted by Crippen LogP contribution is 2.22. The lowest BCUT2D eigenvalue weighted by molar-refractivity contribution is -0.141. The molecule has 1 atom stereocenters. The SMILES string of the molecule is CNC(=O)C(Cc1ccccc1)N(Cc1ccccc1Cl)C(=O)CCc1ccc(C(C)C)cc1. The second-order valence-corrected chi connectivity index (χ2v) is 9.24. The number of carbonyl (C=O) groups excluding carboxylic acids is 2. The summed E-state index contributed by atoms with van der Waals surface area (Å²) in [7, 11) is 1.61. The van der Waals surface area contributed by atoms with Crippen LogP contribution in [0.25, 0.3) is 0 Å². The first-order valence-electron chi connectivity index (χ1n) is 11.8. The number of rotatable bonds is 10. The normalized spacial score (nSPS) is 11.8. The maximum absolute atomic E-state index is 13.6. The number of nitrogens with zero attached hydrogens (tertiary/aromatic N) is 1. The summed E-state index contributed by atoms with van der Waals surface area (Å²) in [6, 6.07) is 25.0. The molecule has 0 aliphatic heterocycles. The van der Waals surface area contributed by atoms with E-state index in [0.29, 0.717) is 30.2 Å². The smallest absolute Gasteiger partial charge is 0.242 e. The molecular weight excluding hydrogens is 444 g/mol. The number of aryl methyl sites for hydroxylation is 1. The van der Waals surface area contributed by atoms with E-state index in [2.05, 4.69) is 43.4 Å². The minimum atomic E-state index is -0.639. The average molecular weight is 477 g/mol. The van der Waals surface area contributed by atoms with Crippen LogP contribution in [-0.2, 0) is 29.0 Å². The van der Waals surface area contributed by atoms with Gasteiger partial charge >= 0.3 is 0 Å². The summed E-state index contributed by atoms with van der Waals surface area (Å²) in [5, 5.41) is 3.33. The van der Waals surface area contributed by atoms with Crippen molar-refractivity contribution in [1.82, 2.24) is 10.2 Å². The first kappa shape index (κ1) is 25.5. The molecule has 0 spiro atoms. The third-order valence-electron chi connectivity index (χ3n) is 6.09. The van der Waals surface area contributed by atoms with Crippen molar-refractivity contribution in [2.24, 2.45) is 0 Å². The molecule has 34 heavy (non-hydrogen) atoms. The van der Waals surface area contributed by atoms with Crippen LogP contribution in [-0.4, -0.2) is 29.8 Å². The molecule has 0 radical (unpaired) electrons. The van der Waals surface area contributed by atoms with Gasteiger partial charge in [-0.2, -0.15) is 0 Å². The molecule has 0 aromatic heterocycles. The zero-order chi connectivity index (χ0) is 24.5. The van der Waals surface area contributed by atoms with Gasteiger partial charge in [0.05, 0.1) is 0 Å². The van der Waals surface area contributed by atoms with Crippen molar-refractivity contribution in [3.05, 3.63) is 106 Å². The standard InChI is InChI=1S/C29H33ClN2O2/c1-21(2)24-16-13-22(14-17-24)15-18-28(33)32(20-25-11-7-8-12-26(25)30)27(29(34)31-3)19-23-9-5-4-6-10-23/h4-14,16-17,21,27H,15,18-20H2,1-3H3,(H,31,34). The van der Waals surface area contributed by atoms with Crippen LogP contribution >= 0.6 is 11.6 Å². The average Bonchev–Trinajstić information content (AvgIpc) is 2.86. The summed E-state index contributed by atoms with van der Waals surface area (Å²) < 4.78 is 0. The second-order valence-electron chi connectivity index (χ2n) is 8.83. The minimum Gasteiger partial charge on any atom is -0.357 e. The summed E-state index contributed by atoms with van der Waals surface area (Å²) in [5.41, 5.74) is 4.20.